The minimum absolute atomic E-state index is 0.451. The zero-order valence-corrected chi connectivity index (χ0v) is 24.4. The van der Waals surface area contributed by atoms with Gasteiger partial charge in [0.1, 0.15) is 11.3 Å². The number of rotatable bonds is 4. The molecule has 0 radical (unpaired) electrons. The molecule has 0 saturated heterocycles. The minimum atomic E-state index is -0.451. The van der Waals surface area contributed by atoms with Crippen LogP contribution in [0, 0.1) is 6.92 Å². The smallest absolute Gasteiger partial charge is 0.144 e. The van der Waals surface area contributed by atoms with E-state index >= 15 is 0 Å². The molecule has 0 atom stereocenters. The fourth-order valence-corrected chi connectivity index (χ4v) is 7.85. The molecule has 0 bridgehead atoms. The predicted molar refractivity (Wildman–Crippen MR) is 183 cm³/mol. The van der Waals surface area contributed by atoms with Crippen LogP contribution in [0.15, 0.2) is 151 Å². The zero-order chi connectivity index (χ0) is 29.4. The van der Waals surface area contributed by atoms with E-state index in [0.29, 0.717) is 0 Å². The van der Waals surface area contributed by atoms with Crippen molar-refractivity contribution in [1.82, 2.24) is 4.57 Å². The Labute approximate surface area is 256 Å². The van der Waals surface area contributed by atoms with Crippen molar-refractivity contribution >= 4 is 38.9 Å². The molecule has 0 unspecified atom stereocenters. The van der Waals surface area contributed by atoms with Gasteiger partial charge in [-0.2, -0.15) is 0 Å². The highest BCUT2D eigenvalue weighted by molar-refractivity contribution is 6.20. The normalized spacial score (nSPS) is 13.4. The minimum Gasteiger partial charge on any atom is -0.460 e. The van der Waals surface area contributed by atoms with Crippen LogP contribution in [0.1, 0.15) is 33.6 Å². The van der Waals surface area contributed by atoms with Crippen molar-refractivity contribution < 1.29 is 4.42 Å². The summed E-state index contributed by atoms with van der Waals surface area (Å²) < 4.78 is 8.84. The monoisotopic (exact) mass is 563 g/mol. The van der Waals surface area contributed by atoms with Gasteiger partial charge < -0.3 is 8.98 Å². The molecule has 2 heterocycles. The van der Waals surface area contributed by atoms with Crippen LogP contribution in [-0.4, -0.2) is 4.57 Å². The summed E-state index contributed by atoms with van der Waals surface area (Å²) in [6.45, 7) is 6.08. The maximum Gasteiger partial charge on any atom is 0.144 e. The summed E-state index contributed by atoms with van der Waals surface area (Å²) >= 11 is 0. The average Bonchev–Trinajstić information content (AvgIpc) is 3.70. The molecule has 1 aliphatic rings. The second-order valence-electron chi connectivity index (χ2n) is 11.7. The Morgan fingerprint density at radius 2 is 1.27 bits per heavy atom. The van der Waals surface area contributed by atoms with Gasteiger partial charge in [-0.3, -0.25) is 0 Å². The molecule has 2 nitrogen and oxygen atoms in total. The summed E-state index contributed by atoms with van der Waals surface area (Å²) in [4.78, 5) is 0. The molecule has 2 heteroatoms. The van der Waals surface area contributed by atoms with E-state index in [1.165, 1.54) is 38.8 Å². The molecule has 208 valence electrons. The quantitative estimate of drug-likeness (QED) is 0.208. The molecule has 0 saturated carbocycles. The molecule has 0 fully saturated rings. The van der Waals surface area contributed by atoms with Gasteiger partial charge in [-0.25, -0.2) is 0 Å². The van der Waals surface area contributed by atoms with Crippen molar-refractivity contribution in [2.24, 2.45) is 0 Å². The van der Waals surface area contributed by atoms with Crippen molar-refractivity contribution in [1.29, 1.82) is 0 Å². The number of aryl methyl sites for hydroxylation is 1. The molecule has 1 aliphatic carbocycles. The second-order valence-corrected chi connectivity index (χ2v) is 11.7. The lowest BCUT2D eigenvalue weighted by Gasteiger charge is -2.34. The first kappa shape index (κ1) is 24.9. The van der Waals surface area contributed by atoms with Gasteiger partial charge in [0.2, 0.25) is 0 Å². The van der Waals surface area contributed by atoms with Gasteiger partial charge in [-0.15, -0.1) is 0 Å². The van der Waals surface area contributed by atoms with Crippen molar-refractivity contribution in [2.45, 2.75) is 12.3 Å². The molecule has 6 aromatic carbocycles. The Hall–Kier alpha value is -5.60. The third kappa shape index (κ3) is 3.15. The number of para-hydroxylation sites is 1. The predicted octanol–water partition coefficient (Wildman–Crippen LogP) is 10.8. The molecule has 44 heavy (non-hydrogen) atoms. The van der Waals surface area contributed by atoms with E-state index in [1.807, 2.05) is 13.0 Å². The number of fused-ring (bicyclic) bond motifs is 8. The van der Waals surface area contributed by atoms with E-state index in [-0.39, 0.29) is 0 Å². The molecular weight excluding hydrogens is 534 g/mol. The van der Waals surface area contributed by atoms with Crippen LogP contribution in [0.3, 0.4) is 0 Å². The summed E-state index contributed by atoms with van der Waals surface area (Å²) in [7, 11) is 0. The van der Waals surface area contributed by atoms with Crippen molar-refractivity contribution in [2.75, 3.05) is 0 Å². The second kappa shape index (κ2) is 9.20. The molecule has 9 rings (SSSR count). The maximum absolute atomic E-state index is 6.44. The number of aromatic nitrogens is 1. The summed E-state index contributed by atoms with van der Waals surface area (Å²) in [5, 5.41) is 3.42. The van der Waals surface area contributed by atoms with E-state index in [9.17, 15) is 0 Å². The topological polar surface area (TPSA) is 18.1 Å². The third-order valence-corrected chi connectivity index (χ3v) is 9.62. The van der Waals surface area contributed by atoms with E-state index in [2.05, 4.69) is 151 Å². The number of furan rings is 1. The van der Waals surface area contributed by atoms with Gasteiger partial charge in [0.15, 0.2) is 0 Å². The first-order valence-electron chi connectivity index (χ1n) is 15.2. The van der Waals surface area contributed by atoms with Gasteiger partial charge in [0.05, 0.1) is 21.8 Å². The molecule has 0 amide bonds. The van der Waals surface area contributed by atoms with E-state index in [0.717, 1.165) is 44.4 Å². The maximum atomic E-state index is 6.44. The van der Waals surface area contributed by atoms with Gasteiger partial charge >= 0.3 is 0 Å². The van der Waals surface area contributed by atoms with Crippen LogP contribution in [0.25, 0.3) is 55.7 Å². The summed E-state index contributed by atoms with van der Waals surface area (Å²) in [6, 6.07) is 51.0. The highest BCUT2D eigenvalue weighted by Gasteiger charge is 2.46. The van der Waals surface area contributed by atoms with Crippen LogP contribution >= 0.6 is 0 Å². The highest BCUT2D eigenvalue weighted by atomic mass is 16.3. The Balaban J connectivity index is 1.40. The summed E-state index contributed by atoms with van der Waals surface area (Å²) in [5.74, 6) is 0.894. The van der Waals surface area contributed by atoms with Crippen LogP contribution in [0.4, 0.5) is 0 Å². The number of nitrogens with zero attached hydrogens (tertiary/aromatic N) is 1. The Morgan fingerprint density at radius 1 is 0.614 bits per heavy atom. The van der Waals surface area contributed by atoms with Crippen molar-refractivity contribution in [3.8, 4) is 16.8 Å². The van der Waals surface area contributed by atoms with Crippen LogP contribution < -0.4 is 0 Å². The van der Waals surface area contributed by atoms with Crippen molar-refractivity contribution in [3.05, 3.63) is 180 Å². The highest BCUT2D eigenvalue weighted by Crippen LogP contribution is 2.56. The van der Waals surface area contributed by atoms with Crippen LogP contribution in [0.2, 0.25) is 0 Å². The first-order chi connectivity index (χ1) is 21.7. The lowest BCUT2D eigenvalue weighted by atomic mass is 9.67. The fraction of sp³-hybridized carbons (Fsp3) is 0.0476. The molecule has 0 N–H and O–H groups in total. The van der Waals surface area contributed by atoms with E-state index in [1.54, 1.807) is 0 Å². The molecule has 8 aromatic rings. The first-order valence-corrected chi connectivity index (χ1v) is 15.2. The van der Waals surface area contributed by atoms with E-state index in [4.69, 9.17) is 4.42 Å². The molecule has 0 aliphatic heterocycles. The molecular formula is C42H29NO. The van der Waals surface area contributed by atoms with Crippen molar-refractivity contribution in [3.63, 3.8) is 0 Å². The zero-order valence-electron chi connectivity index (χ0n) is 24.4. The largest absolute Gasteiger partial charge is 0.460 e. The standard InChI is InChI=1S/C42H29NO/c1-3-31-27(2)44-41-34(31)24-25-39-40(41)35-19-11-13-21-38(35)43(39)30-22-23-33-32-18-10-12-20-36(32)42(37(33)26-30,28-14-6-4-7-15-28)29-16-8-5-9-17-29/h3-26H,1H2,2H3. The van der Waals surface area contributed by atoms with E-state index < -0.39 is 5.41 Å². The van der Waals surface area contributed by atoms with Crippen LogP contribution in [0.5, 0.6) is 0 Å². The molecule has 0 spiro atoms. The Bertz CT molecular complexity index is 2370. The van der Waals surface area contributed by atoms with Gasteiger partial charge in [0.25, 0.3) is 0 Å². The molecule has 2 aromatic heterocycles. The SMILES string of the molecule is C=Cc1c(C)oc2c1ccc1c2c2ccccc2n1-c1ccc2c(c1)C(c1ccccc1)(c1ccccc1)c1ccccc1-2. The van der Waals surface area contributed by atoms with Crippen LogP contribution in [-0.2, 0) is 5.41 Å². The van der Waals surface area contributed by atoms with Gasteiger partial charge in [0, 0.05) is 22.0 Å². The fourth-order valence-electron chi connectivity index (χ4n) is 7.85. The average molecular weight is 564 g/mol. The number of benzene rings is 6. The Morgan fingerprint density at radius 3 is 2.02 bits per heavy atom. The lowest BCUT2D eigenvalue weighted by molar-refractivity contribution is 0.580. The Kier molecular flexibility index (Phi) is 5.22. The van der Waals surface area contributed by atoms with Gasteiger partial charge in [-0.1, -0.05) is 122 Å². The third-order valence-electron chi connectivity index (χ3n) is 9.62. The lowest BCUT2D eigenvalue weighted by Crippen LogP contribution is -2.28. The number of hydrogen-bond acceptors (Lipinski definition) is 1. The summed E-state index contributed by atoms with van der Waals surface area (Å²) in [6.07, 6.45) is 1.90. The summed E-state index contributed by atoms with van der Waals surface area (Å²) in [5.41, 5.74) is 12.6. The number of hydrogen-bond donors (Lipinski definition) is 0. The van der Waals surface area contributed by atoms with Gasteiger partial charge in [-0.05, 0) is 70.6 Å².